The number of unbranched alkanes of at least 4 members (excludes halogenated alkanes) is 1. The van der Waals surface area contributed by atoms with E-state index < -0.39 is 0 Å². The smallest absolute Gasteiger partial charge is 0.337 e. The number of hydrogen-bond donors (Lipinski definition) is 0. The molecule has 1 aliphatic carbocycles. The van der Waals surface area contributed by atoms with E-state index in [4.69, 9.17) is 9.72 Å². The number of carbonyl (C=O) groups excluding carboxylic acids is 1. The first-order chi connectivity index (χ1) is 15.0. The van der Waals surface area contributed by atoms with Gasteiger partial charge in [0.25, 0.3) is 0 Å². The summed E-state index contributed by atoms with van der Waals surface area (Å²) in [7, 11) is 1.42. The van der Waals surface area contributed by atoms with Crippen molar-refractivity contribution < 1.29 is 9.53 Å². The van der Waals surface area contributed by atoms with E-state index in [9.17, 15) is 4.79 Å². The number of methoxy groups -OCH3 is 1. The molecule has 1 aliphatic rings. The Morgan fingerprint density at radius 2 is 2.10 bits per heavy atom. The van der Waals surface area contributed by atoms with Gasteiger partial charge in [-0.05, 0) is 72.2 Å². The first-order valence-electron chi connectivity index (χ1n) is 10.9. The van der Waals surface area contributed by atoms with Gasteiger partial charge in [0, 0.05) is 11.3 Å². The number of nitrogens with zero attached hydrogens (tertiary/aromatic N) is 1. The van der Waals surface area contributed by atoms with E-state index in [2.05, 4.69) is 44.7 Å². The quantitative estimate of drug-likeness (QED) is 0.376. The number of hydrogen-bond acceptors (Lipinski definition) is 3. The molecule has 0 amide bonds. The van der Waals surface area contributed by atoms with Crippen LogP contribution < -0.4 is 0 Å². The Hall–Kier alpha value is -3.20. The molecule has 0 bridgehead atoms. The topological polar surface area (TPSA) is 39.2 Å². The zero-order chi connectivity index (χ0) is 22.4. The van der Waals surface area contributed by atoms with Crippen LogP contribution in [0.15, 0.2) is 72.9 Å². The van der Waals surface area contributed by atoms with Crippen molar-refractivity contribution in [3.05, 3.63) is 101 Å². The Morgan fingerprint density at radius 3 is 2.81 bits per heavy atom. The van der Waals surface area contributed by atoms with Crippen LogP contribution in [0.2, 0.25) is 0 Å². The first-order valence-corrected chi connectivity index (χ1v) is 10.9. The summed E-state index contributed by atoms with van der Waals surface area (Å²) in [6, 6.07) is 11.9. The first kappa shape index (κ1) is 22.5. The van der Waals surface area contributed by atoms with Gasteiger partial charge in [-0.2, -0.15) is 0 Å². The standard InChI is InChI=1S/C28H31NO2/c1-6-7-13-23(21(4)27-15-10-12-20(3)29-27)24-14-9-8-11-19(2)26-18-22(28(30)31-5)16-17-25(24)26/h8-10,12-19H,4,6-7,11H2,1-3,5H3/b9-8+,23-13+,24-14-. The molecule has 1 atom stereocenters. The number of aromatic nitrogens is 1. The van der Waals surface area contributed by atoms with E-state index in [1.807, 2.05) is 43.3 Å². The van der Waals surface area contributed by atoms with Gasteiger partial charge < -0.3 is 4.74 Å². The number of allylic oxidation sites excluding steroid dienone is 7. The monoisotopic (exact) mass is 413 g/mol. The molecule has 0 N–H and O–H groups in total. The largest absolute Gasteiger partial charge is 0.465 e. The van der Waals surface area contributed by atoms with Crippen molar-refractivity contribution in [1.82, 2.24) is 4.98 Å². The number of aryl methyl sites for hydroxylation is 1. The number of ether oxygens (including phenoxy) is 1. The lowest BCUT2D eigenvalue weighted by Gasteiger charge is -2.23. The number of rotatable bonds is 6. The average molecular weight is 414 g/mol. The minimum absolute atomic E-state index is 0.275. The fourth-order valence-corrected chi connectivity index (χ4v) is 3.89. The highest BCUT2D eigenvalue weighted by molar-refractivity contribution is 5.99. The summed E-state index contributed by atoms with van der Waals surface area (Å²) in [6.07, 6.45) is 11.6. The van der Waals surface area contributed by atoms with Gasteiger partial charge in [-0.3, -0.25) is 4.98 Å². The summed E-state index contributed by atoms with van der Waals surface area (Å²) in [5.41, 5.74) is 7.81. The minimum Gasteiger partial charge on any atom is -0.465 e. The van der Waals surface area contributed by atoms with Gasteiger partial charge in [0.1, 0.15) is 0 Å². The van der Waals surface area contributed by atoms with E-state index in [-0.39, 0.29) is 11.9 Å². The number of fused-ring (bicyclic) bond motifs is 1. The summed E-state index contributed by atoms with van der Waals surface area (Å²) in [5.74, 6) is -0.0365. The van der Waals surface area contributed by atoms with Gasteiger partial charge in [-0.25, -0.2) is 4.79 Å². The molecule has 160 valence electrons. The van der Waals surface area contributed by atoms with Crippen molar-refractivity contribution in [3.8, 4) is 0 Å². The molecule has 1 unspecified atom stereocenters. The fraction of sp³-hybridized carbons (Fsp3) is 0.286. The molecule has 0 aliphatic heterocycles. The average Bonchev–Trinajstić information content (AvgIpc) is 2.78. The minimum atomic E-state index is -0.312. The molecule has 0 saturated heterocycles. The number of pyridine rings is 1. The second-order valence-corrected chi connectivity index (χ2v) is 7.99. The molecule has 31 heavy (non-hydrogen) atoms. The van der Waals surface area contributed by atoms with Gasteiger partial charge in [0.2, 0.25) is 0 Å². The third-order valence-electron chi connectivity index (χ3n) is 5.63. The molecule has 0 fully saturated rings. The van der Waals surface area contributed by atoms with Crippen LogP contribution in [0, 0.1) is 6.92 Å². The Balaban J connectivity index is 2.17. The molecule has 0 radical (unpaired) electrons. The van der Waals surface area contributed by atoms with Crippen LogP contribution in [0.25, 0.3) is 11.1 Å². The van der Waals surface area contributed by atoms with Crippen LogP contribution in [0.1, 0.15) is 71.9 Å². The molecule has 0 saturated carbocycles. The van der Waals surface area contributed by atoms with E-state index in [1.54, 1.807) is 0 Å². The highest BCUT2D eigenvalue weighted by Gasteiger charge is 2.21. The van der Waals surface area contributed by atoms with Crippen LogP contribution in [-0.4, -0.2) is 18.1 Å². The Labute approximate surface area is 185 Å². The number of benzene rings is 1. The normalized spacial score (nSPS) is 18.8. The van der Waals surface area contributed by atoms with E-state index >= 15 is 0 Å². The highest BCUT2D eigenvalue weighted by atomic mass is 16.5. The number of carbonyl (C=O) groups is 1. The molecule has 1 aromatic carbocycles. The van der Waals surface area contributed by atoms with Crippen molar-refractivity contribution >= 4 is 17.1 Å². The Bertz CT molecular complexity index is 1070. The molecule has 1 aromatic heterocycles. The van der Waals surface area contributed by atoms with Gasteiger partial charge in [-0.1, -0.05) is 63.3 Å². The molecular formula is C28H31NO2. The van der Waals surface area contributed by atoms with Gasteiger partial charge in [0.15, 0.2) is 0 Å². The maximum atomic E-state index is 12.2. The summed E-state index contributed by atoms with van der Waals surface area (Å²) in [4.78, 5) is 16.9. The fourth-order valence-electron chi connectivity index (χ4n) is 3.89. The van der Waals surface area contributed by atoms with Crippen molar-refractivity contribution in [2.45, 2.75) is 46.0 Å². The predicted molar refractivity (Wildman–Crippen MR) is 129 cm³/mol. The highest BCUT2D eigenvalue weighted by Crippen LogP contribution is 2.39. The number of esters is 1. The molecule has 2 aromatic rings. The zero-order valence-corrected chi connectivity index (χ0v) is 18.9. The van der Waals surface area contributed by atoms with Crippen molar-refractivity contribution in [2.75, 3.05) is 7.11 Å². The summed E-state index contributed by atoms with van der Waals surface area (Å²) < 4.78 is 4.95. The Kier molecular flexibility index (Phi) is 7.41. The van der Waals surface area contributed by atoms with E-state index in [0.717, 1.165) is 58.5 Å². The van der Waals surface area contributed by atoms with E-state index in [1.165, 1.54) is 7.11 Å². The third kappa shape index (κ3) is 5.11. The van der Waals surface area contributed by atoms with Crippen molar-refractivity contribution in [3.63, 3.8) is 0 Å². The summed E-state index contributed by atoms with van der Waals surface area (Å²) >= 11 is 0. The second-order valence-electron chi connectivity index (χ2n) is 7.99. The van der Waals surface area contributed by atoms with Gasteiger partial charge in [0.05, 0.1) is 18.4 Å². The summed E-state index contributed by atoms with van der Waals surface area (Å²) in [5, 5.41) is 0. The summed E-state index contributed by atoms with van der Waals surface area (Å²) in [6.45, 7) is 10.8. The van der Waals surface area contributed by atoms with Gasteiger partial charge in [-0.15, -0.1) is 0 Å². The Morgan fingerprint density at radius 1 is 1.29 bits per heavy atom. The van der Waals surface area contributed by atoms with Crippen LogP contribution in [0.4, 0.5) is 0 Å². The predicted octanol–water partition coefficient (Wildman–Crippen LogP) is 7.06. The lowest BCUT2D eigenvalue weighted by atomic mass is 9.82. The molecule has 3 heteroatoms. The third-order valence-corrected chi connectivity index (χ3v) is 5.63. The molecular weight excluding hydrogens is 382 g/mol. The van der Waals surface area contributed by atoms with Crippen LogP contribution in [0.3, 0.4) is 0 Å². The molecule has 3 rings (SSSR count). The van der Waals surface area contributed by atoms with Crippen molar-refractivity contribution in [2.24, 2.45) is 0 Å². The van der Waals surface area contributed by atoms with Gasteiger partial charge >= 0.3 is 5.97 Å². The maximum absolute atomic E-state index is 12.2. The van der Waals surface area contributed by atoms with Crippen molar-refractivity contribution in [1.29, 1.82) is 0 Å². The van der Waals surface area contributed by atoms with Crippen LogP contribution >= 0.6 is 0 Å². The molecule has 3 nitrogen and oxygen atoms in total. The SMILES string of the molecule is C=C(C(=C\CCC)/C1=C/C=C/CC(C)c2cc(C(=O)OC)ccc21)c1cccc(C)n1. The lowest BCUT2D eigenvalue weighted by Crippen LogP contribution is -2.08. The molecule has 1 heterocycles. The lowest BCUT2D eigenvalue weighted by molar-refractivity contribution is 0.0600. The zero-order valence-electron chi connectivity index (χ0n) is 18.9. The molecule has 0 spiro atoms. The van der Waals surface area contributed by atoms with Crippen LogP contribution in [0.5, 0.6) is 0 Å². The van der Waals surface area contributed by atoms with Crippen LogP contribution in [-0.2, 0) is 4.74 Å². The maximum Gasteiger partial charge on any atom is 0.337 e. The van der Waals surface area contributed by atoms with E-state index in [0.29, 0.717) is 5.56 Å². The second kappa shape index (κ2) is 10.2.